The molecule has 1 N–H and O–H groups in total. The second-order valence-electron chi connectivity index (χ2n) is 8.36. The summed E-state index contributed by atoms with van der Waals surface area (Å²) >= 11 is 0. The van der Waals surface area contributed by atoms with Crippen LogP contribution < -0.4 is 5.32 Å². The van der Waals surface area contributed by atoms with Crippen molar-refractivity contribution in [3.63, 3.8) is 0 Å². The van der Waals surface area contributed by atoms with Crippen molar-refractivity contribution in [3.8, 4) is 0 Å². The Labute approximate surface area is 184 Å². The van der Waals surface area contributed by atoms with Crippen molar-refractivity contribution in [2.45, 2.75) is 51.2 Å². The minimum absolute atomic E-state index is 0.0367. The van der Waals surface area contributed by atoms with E-state index >= 15 is 0 Å². The molecule has 6 nitrogen and oxygen atoms in total. The van der Waals surface area contributed by atoms with Gasteiger partial charge in [-0.3, -0.25) is 19.4 Å². The van der Waals surface area contributed by atoms with Gasteiger partial charge in [0.25, 0.3) is 5.91 Å². The molecule has 172 valence electrons. The molecule has 1 aliphatic heterocycles. The summed E-state index contributed by atoms with van der Waals surface area (Å²) in [6.07, 6.45) is -0.105. The van der Waals surface area contributed by atoms with Crippen LogP contribution >= 0.6 is 0 Å². The van der Waals surface area contributed by atoms with Gasteiger partial charge in [0.2, 0.25) is 5.91 Å². The minimum Gasteiger partial charge on any atom is -0.345 e. The topological polar surface area (TPSA) is 78.8 Å². The highest BCUT2D eigenvalue weighted by Gasteiger charge is 2.34. The second-order valence-corrected chi connectivity index (χ2v) is 8.36. The van der Waals surface area contributed by atoms with Gasteiger partial charge in [0, 0.05) is 48.5 Å². The Morgan fingerprint density at radius 3 is 2.62 bits per heavy atom. The fourth-order valence-electron chi connectivity index (χ4n) is 4.13. The highest BCUT2D eigenvalue weighted by Crippen LogP contribution is 2.31. The molecule has 1 aromatic rings. The van der Waals surface area contributed by atoms with E-state index in [0.29, 0.717) is 37.7 Å². The summed E-state index contributed by atoms with van der Waals surface area (Å²) in [6, 6.07) is 4.09. The molecule has 0 saturated heterocycles. The third-order valence-corrected chi connectivity index (χ3v) is 6.01. The number of ketones is 1. The molecule has 9 heteroatoms. The third kappa shape index (κ3) is 5.63. The number of hydrogen-bond donors (Lipinski definition) is 1. The maximum Gasteiger partial charge on any atom is 0.416 e. The zero-order valence-electron chi connectivity index (χ0n) is 18.0. The normalized spacial score (nSPS) is 20.9. The lowest BCUT2D eigenvalue weighted by molar-refractivity contribution is -0.137. The molecule has 1 heterocycles. The molecular weight excluding hydrogens is 423 g/mol. The van der Waals surface area contributed by atoms with Crippen LogP contribution in [0.5, 0.6) is 0 Å². The van der Waals surface area contributed by atoms with E-state index in [1.165, 1.54) is 23.2 Å². The summed E-state index contributed by atoms with van der Waals surface area (Å²) in [5, 5.41) is 2.64. The lowest BCUT2D eigenvalue weighted by atomic mass is 9.82. The van der Waals surface area contributed by atoms with Crippen LogP contribution in [0.1, 0.15) is 54.9 Å². The highest BCUT2D eigenvalue weighted by atomic mass is 19.4. The van der Waals surface area contributed by atoms with Gasteiger partial charge < -0.3 is 10.2 Å². The number of alkyl halides is 3. The molecule has 2 atom stereocenters. The fraction of sp³-hybridized carbons (Fsp3) is 0.478. The molecule has 1 saturated carbocycles. The van der Waals surface area contributed by atoms with Crippen molar-refractivity contribution in [3.05, 3.63) is 47.2 Å². The van der Waals surface area contributed by atoms with Gasteiger partial charge in [-0.15, -0.1) is 0 Å². The average Bonchev–Trinajstić information content (AvgIpc) is 3.22. The van der Waals surface area contributed by atoms with E-state index in [1.807, 2.05) is 6.92 Å². The SMILES string of the molecule is CC1=NC=C(C(=O)NCC(=O)[C@H]2CCC[C@@H](N(C)C(=O)c3cccc(C(F)(F)F)c3)C2)C1. The van der Waals surface area contributed by atoms with Crippen LogP contribution in [0.25, 0.3) is 0 Å². The quantitative estimate of drug-likeness (QED) is 0.718. The van der Waals surface area contributed by atoms with Crippen molar-refractivity contribution in [2.75, 3.05) is 13.6 Å². The average molecular weight is 449 g/mol. The summed E-state index contributed by atoms with van der Waals surface area (Å²) in [5.74, 6) is -1.25. The van der Waals surface area contributed by atoms with Crippen LogP contribution in [0, 0.1) is 5.92 Å². The predicted molar refractivity (Wildman–Crippen MR) is 113 cm³/mol. The Balaban J connectivity index is 1.57. The second kappa shape index (κ2) is 9.67. The maximum atomic E-state index is 13.0. The Morgan fingerprint density at radius 1 is 1.22 bits per heavy atom. The summed E-state index contributed by atoms with van der Waals surface area (Å²) in [7, 11) is 1.55. The molecule has 1 aromatic carbocycles. The van der Waals surface area contributed by atoms with Crippen LogP contribution in [-0.4, -0.2) is 47.8 Å². The number of hydrogen-bond acceptors (Lipinski definition) is 4. The zero-order valence-corrected chi connectivity index (χ0v) is 18.0. The van der Waals surface area contributed by atoms with Crippen LogP contribution in [0.2, 0.25) is 0 Å². The standard InChI is InChI=1S/C23H26F3N3O3/c1-14-9-17(12-27-14)21(31)28-13-20(30)15-5-4-8-19(11-15)29(2)22(32)16-6-3-7-18(10-16)23(24,25)26/h3,6-7,10,12,15,19H,4-5,8-9,11,13H2,1-2H3,(H,28,31)/t15-,19+/m0/s1. The Hall–Kier alpha value is -2.97. The van der Waals surface area contributed by atoms with E-state index in [0.717, 1.165) is 17.8 Å². The molecule has 0 bridgehead atoms. The van der Waals surface area contributed by atoms with Gasteiger partial charge in [-0.2, -0.15) is 13.2 Å². The monoisotopic (exact) mass is 449 g/mol. The van der Waals surface area contributed by atoms with Gasteiger partial charge in [0.1, 0.15) is 0 Å². The number of carbonyl (C=O) groups excluding carboxylic acids is 3. The van der Waals surface area contributed by atoms with Gasteiger partial charge in [0.15, 0.2) is 5.78 Å². The number of Topliss-reactive ketones (excluding diaryl/α,β-unsaturated/α-hetero) is 1. The number of aliphatic imine (C=N–C) groups is 1. The number of amides is 2. The number of halogens is 3. The number of rotatable bonds is 6. The Kier molecular flexibility index (Phi) is 7.16. The van der Waals surface area contributed by atoms with Crippen LogP contribution in [-0.2, 0) is 15.8 Å². The molecular formula is C23H26F3N3O3. The van der Waals surface area contributed by atoms with Crippen molar-refractivity contribution in [1.29, 1.82) is 0 Å². The molecule has 0 unspecified atom stereocenters. The van der Waals surface area contributed by atoms with Crippen molar-refractivity contribution >= 4 is 23.3 Å². The third-order valence-electron chi connectivity index (χ3n) is 6.01. The molecule has 1 fully saturated rings. The van der Waals surface area contributed by atoms with Gasteiger partial charge in [0.05, 0.1) is 12.1 Å². The fourth-order valence-corrected chi connectivity index (χ4v) is 4.13. The van der Waals surface area contributed by atoms with Crippen LogP contribution in [0.15, 0.2) is 41.0 Å². The lowest BCUT2D eigenvalue weighted by Gasteiger charge is -2.35. The van der Waals surface area contributed by atoms with E-state index in [4.69, 9.17) is 0 Å². The first-order chi connectivity index (χ1) is 15.1. The molecule has 1 aliphatic carbocycles. The van der Waals surface area contributed by atoms with E-state index in [9.17, 15) is 27.6 Å². The maximum absolute atomic E-state index is 13.0. The van der Waals surface area contributed by atoms with Crippen LogP contribution in [0.4, 0.5) is 13.2 Å². The van der Waals surface area contributed by atoms with Crippen molar-refractivity contribution in [2.24, 2.45) is 10.9 Å². The Morgan fingerprint density at radius 2 is 1.97 bits per heavy atom. The van der Waals surface area contributed by atoms with Crippen molar-refractivity contribution < 1.29 is 27.6 Å². The first-order valence-electron chi connectivity index (χ1n) is 10.5. The molecule has 32 heavy (non-hydrogen) atoms. The predicted octanol–water partition coefficient (Wildman–Crippen LogP) is 3.77. The van der Waals surface area contributed by atoms with E-state index in [1.54, 1.807) is 7.05 Å². The molecule has 0 spiro atoms. The van der Waals surface area contributed by atoms with Gasteiger partial charge in [-0.1, -0.05) is 12.5 Å². The minimum atomic E-state index is -4.53. The van der Waals surface area contributed by atoms with Crippen molar-refractivity contribution in [1.82, 2.24) is 10.2 Å². The largest absolute Gasteiger partial charge is 0.416 e. The summed E-state index contributed by atoms with van der Waals surface area (Å²) in [6.45, 7) is 1.72. The summed E-state index contributed by atoms with van der Waals surface area (Å²) in [5.41, 5.74) is 0.445. The number of benzene rings is 1. The van der Waals surface area contributed by atoms with Gasteiger partial charge in [-0.25, -0.2) is 0 Å². The number of nitrogens with one attached hydrogen (secondary N) is 1. The Bertz CT molecular complexity index is 969. The molecule has 2 aliphatic rings. The van der Waals surface area contributed by atoms with Crippen LogP contribution in [0.3, 0.4) is 0 Å². The number of nitrogens with zero attached hydrogens (tertiary/aromatic N) is 2. The molecule has 3 rings (SSSR count). The zero-order chi connectivity index (χ0) is 23.5. The summed E-state index contributed by atoms with van der Waals surface area (Å²) < 4.78 is 38.9. The van der Waals surface area contributed by atoms with Gasteiger partial charge in [-0.05, 0) is 44.4 Å². The van der Waals surface area contributed by atoms with E-state index in [-0.39, 0.29) is 35.8 Å². The molecule has 0 radical (unpaired) electrons. The number of carbonyl (C=O) groups is 3. The lowest BCUT2D eigenvalue weighted by Crippen LogP contribution is -2.43. The smallest absolute Gasteiger partial charge is 0.345 e. The highest BCUT2D eigenvalue weighted by molar-refractivity contribution is 6.03. The van der Waals surface area contributed by atoms with E-state index in [2.05, 4.69) is 10.3 Å². The van der Waals surface area contributed by atoms with E-state index < -0.39 is 17.6 Å². The summed E-state index contributed by atoms with van der Waals surface area (Å²) in [4.78, 5) is 43.1. The molecule has 2 amide bonds. The first kappa shape index (κ1) is 23.7. The first-order valence-corrected chi connectivity index (χ1v) is 10.5. The van der Waals surface area contributed by atoms with Gasteiger partial charge >= 0.3 is 6.18 Å². The molecule has 0 aromatic heterocycles.